The topological polar surface area (TPSA) is 74.3 Å². The summed E-state index contributed by atoms with van der Waals surface area (Å²) in [5.74, 6) is 0.764. The number of hydrogen-bond acceptors (Lipinski definition) is 5. The third-order valence-electron chi connectivity index (χ3n) is 4.10. The number of aromatic nitrogens is 3. The van der Waals surface area contributed by atoms with Crippen molar-refractivity contribution in [2.24, 2.45) is 0 Å². The van der Waals surface area contributed by atoms with Crippen LogP contribution >= 0.6 is 0 Å². The standard InChI is InChI=1S/C17H25N5O2/c1-17(2,3)24-16(23)22-10-6-7-12(22)11-21(4)15-19-13-8-5-9-18-14(13)20-15/h5,8-9,12H,6-7,10-11H2,1-4H3,(H,18,19,20)/t12-/m1/s1. The normalized spacial score (nSPS) is 18.2. The number of rotatable bonds is 3. The van der Waals surface area contributed by atoms with Gasteiger partial charge in [0.1, 0.15) is 5.60 Å². The summed E-state index contributed by atoms with van der Waals surface area (Å²) < 4.78 is 5.52. The highest BCUT2D eigenvalue weighted by Gasteiger charge is 2.33. The number of imidazole rings is 1. The number of nitrogens with zero attached hydrogens (tertiary/aromatic N) is 4. The van der Waals surface area contributed by atoms with Gasteiger partial charge in [0.05, 0.1) is 11.6 Å². The number of carbonyl (C=O) groups is 1. The fourth-order valence-electron chi connectivity index (χ4n) is 3.00. The molecule has 7 heteroatoms. The Kier molecular flexibility index (Phi) is 4.34. The van der Waals surface area contributed by atoms with Gasteiger partial charge in [0.25, 0.3) is 0 Å². The molecular formula is C17H25N5O2. The van der Waals surface area contributed by atoms with Crippen LogP contribution in [0, 0.1) is 0 Å². The Balaban J connectivity index is 1.68. The van der Waals surface area contributed by atoms with Crippen LogP contribution in [0.4, 0.5) is 10.7 Å². The number of ether oxygens (including phenoxy) is 1. The van der Waals surface area contributed by atoms with Crippen LogP contribution in [0.25, 0.3) is 11.2 Å². The van der Waals surface area contributed by atoms with E-state index in [0.717, 1.165) is 30.9 Å². The van der Waals surface area contributed by atoms with Crippen LogP contribution in [0.15, 0.2) is 18.3 Å². The zero-order valence-electron chi connectivity index (χ0n) is 14.7. The second-order valence-corrected chi connectivity index (χ2v) is 7.29. The first-order chi connectivity index (χ1) is 11.3. The number of amides is 1. The van der Waals surface area contributed by atoms with Gasteiger partial charge in [0.2, 0.25) is 5.95 Å². The van der Waals surface area contributed by atoms with E-state index in [9.17, 15) is 4.79 Å². The maximum atomic E-state index is 12.4. The maximum Gasteiger partial charge on any atom is 0.410 e. The number of anilines is 1. The molecule has 0 spiro atoms. The molecule has 3 heterocycles. The zero-order chi connectivity index (χ0) is 17.3. The summed E-state index contributed by atoms with van der Waals surface area (Å²) in [6, 6.07) is 3.96. The minimum Gasteiger partial charge on any atom is -0.444 e. The molecule has 24 heavy (non-hydrogen) atoms. The van der Waals surface area contributed by atoms with Crippen LogP contribution in [-0.2, 0) is 4.74 Å². The van der Waals surface area contributed by atoms with Crippen LogP contribution in [0.5, 0.6) is 0 Å². The predicted molar refractivity (Wildman–Crippen MR) is 93.1 cm³/mol. The van der Waals surface area contributed by atoms with Gasteiger partial charge >= 0.3 is 6.09 Å². The maximum absolute atomic E-state index is 12.4. The van der Waals surface area contributed by atoms with Gasteiger partial charge < -0.3 is 19.5 Å². The van der Waals surface area contributed by atoms with E-state index < -0.39 is 5.60 Å². The highest BCUT2D eigenvalue weighted by Crippen LogP contribution is 2.23. The number of carbonyl (C=O) groups excluding carboxylic acids is 1. The molecule has 1 aliphatic rings. The van der Waals surface area contributed by atoms with E-state index in [1.54, 1.807) is 6.20 Å². The lowest BCUT2D eigenvalue weighted by molar-refractivity contribution is 0.0231. The fourth-order valence-corrected chi connectivity index (χ4v) is 3.00. The highest BCUT2D eigenvalue weighted by molar-refractivity contribution is 5.73. The molecule has 2 aromatic rings. The molecule has 0 aromatic carbocycles. The van der Waals surface area contributed by atoms with E-state index in [0.29, 0.717) is 12.2 Å². The molecule has 0 saturated carbocycles. The van der Waals surface area contributed by atoms with Gasteiger partial charge in [-0.25, -0.2) is 9.78 Å². The molecule has 1 saturated heterocycles. The predicted octanol–water partition coefficient (Wildman–Crippen LogP) is 2.79. The second-order valence-electron chi connectivity index (χ2n) is 7.29. The average molecular weight is 331 g/mol. The lowest BCUT2D eigenvalue weighted by Crippen LogP contribution is -2.44. The SMILES string of the molecule is CN(C[C@H]1CCCN1C(=O)OC(C)(C)C)c1nc2ncccc2[nH]1. The number of fused-ring (bicyclic) bond motifs is 1. The van der Waals surface area contributed by atoms with E-state index >= 15 is 0 Å². The first kappa shape index (κ1) is 16.5. The van der Waals surface area contributed by atoms with Crippen LogP contribution in [0.3, 0.4) is 0 Å². The van der Waals surface area contributed by atoms with Crippen molar-refractivity contribution in [1.82, 2.24) is 19.9 Å². The largest absolute Gasteiger partial charge is 0.444 e. The molecule has 0 radical (unpaired) electrons. The van der Waals surface area contributed by atoms with Gasteiger partial charge in [-0.2, -0.15) is 4.98 Å². The first-order valence-corrected chi connectivity index (χ1v) is 8.35. The Morgan fingerprint density at radius 1 is 1.50 bits per heavy atom. The van der Waals surface area contributed by atoms with Crippen molar-refractivity contribution in [3.05, 3.63) is 18.3 Å². The number of hydrogen-bond donors (Lipinski definition) is 1. The summed E-state index contributed by atoms with van der Waals surface area (Å²) in [5.41, 5.74) is 1.14. The number of likely N-dealkylation sites (tertiary alicyclic amines) is 1. The molecule has 0 bridgehead atoms. The number of aromatic amines is 1. The number of likely N-dealkylation sites (N-methyl/N-ethyl adjacent to an activating group) is 1. The molecule has 3 rings (SSSR count). The van der Waals surface area contributed by atoms with Crippen molar-refractivity contribution >= 4 is 23.2 Å². The first-order valence-electron chi connectivity index (χ1n) is 8.35. The fraction of sp³-hybridized carbons (Fsp3) is 0.588. The van der Waals surface area contributed by atoms with Crippen molar-refractivity contribution in [3.63, 3.8) is 0 Å². The van der Waals surface area contributed by atoms with Crippen molar-refractivity contribution in [2.45, 2.75) is 45.3 Å². The summed E-state index contributed by atoms with van der Waals surface area (Å²) in [4.78, 5) is 28.3. The van der Waals surface area contributed by atoms with E-state index in [1.807, 2.05) is 49.8 Å². The molecule has 0 aliphatic carbocycles. The molecule has 1 fully saturated rings. The van der Waals surface area contributed by atoms with Crippen LogP contribution in [0.1, 0.15) is 33.6 Å². The van der Waals surface area contributed by atoms with Crippen LogP contribution in [0.2, 0.25) is 0 Å². The summed E-state index contributed by atoms with van der Waals surface area (Å²) >= 11 is 0. The van der Waals surface area contributed by atoms with Gasteiger partial charge in [0.15, 0.2) is 5.65 Å². The zero-order valence-corrected chi connectivity index (χ0v) is 14.7. The van der Waals surface area contributed by atoms with Crippen molar-refractivity contribution < 1.29 is 9.53 Å². The Morgan fingerprint density at radius 3 is 3.00 bits per heavy atom. The van der Waals surface area contributed by atoms with Gasteiger partial charge in [-0.05, 0) is 45.7 Å². The van der Waals surface area contributed by atoms with Gasteiger partial charge in [-0.1, -0.05) is 0 Å². The molecule has 1 aliphatic heterocycles. The van der Waals surface area contributed by atoms with Gasteiger partial charge in [-0.15, -0.1) is 0 Å². The molecule has 130 valence electrons. The van der Waals surface area contributed by atoms with Crippen LogP contribution in [-0.4, -0.2) is 57.7 Å². The quantitative estimate of drug-likeness (QED) is 0.936. The summed E-state index contributed by atoms with van der Waals surface area (Å²) in [6.07, 6.45) is 3.47. The second kappa shape index (κ2) is 6.30. The lowest BCUT2D eigenvalue weighted by Gasteiger charge is -2.30. The van der Waals surface area contributed by atoms with Crippen molar-refractivity contribution in [1.29, 1.82) is 0 Å². The number of H-pyrrole nitrogens is 1. The summed E-state index contributed by atoms with van der Waals surface area (Å²) in [5, 5.41) is 0. The summed E-state index contributed by atoms with van der Waals surface area (Å²) in [6.45, 7) is 7.13. The van der Waals surface area contributed by atoms with Crippen molar-refractivity contribution in [2.75, 3.05) is 25.0 Å². The van der Waals surface area contributed by atoms with E-state index in [2.05, 4.69) is 15.0 Å². The Morgan fingerprint density at radius 2 is 2.29 bits per heavy atom. The number of nitrogens with one attached hydrogen (secondary N) is 1. The molecule has 2 aromatic heterocycles. The van der Waals surface area contributed by atoms with E-state index in [4.69, 9.17) is 4.74 Å². The molecule has 7 nitrogen and oxygen atoms in total. The highest BCUT2D eigenvalue weighted by atomic mass is 16.6. The third kappa shape index (κ3) is 3.60. The van der Waals surface area contributed by atoms with Crippen molar-refractivity contribution in [3.8, 4) is 0 Å². The minimum atomic E-state index is -0.472. The Bertz CT molecular complexity index is 688. The molecule has 1 atom stereocenters. The molecule has 0 unspecified atom stereocenters. The minimum absolute atomic E-state index is 0.131. The van der Waals surface area contributed by atoms with Gasteiger partial charge in [-0.3, -0.25) is 0 Å². The Labute approximate surface area is 142 Å². The Hall–Kier alpha value is -2.31. The third-order valence-corrected chi connectivity index (χ3v) is 4.10. The van der Waals surface area contributed by atoms with E-state index in [1.165, 1.54) is 0 Å². The average Bonchev–Trinajstić information content (AvgIpc) is 3.11. The molecule has 1 N–H and O–H groups in total. The molecular weight excluding hydrogens is 306 g/mol. The smallest absolute Gasteiger partial charge is 0.410 e. The number of pyridine rings is 1. The monoisotopic (exact) mass is 331 g/mol. The van der Waals surface area contributed by atoms with E-state index in [-0.39, 0.29) is 12.1 Å². The van der Waals surface area contributed by atoms with Gasteiger partial charge in [0, 0.05) is 26.3 Å². The summed E-state index contributed by atoms with van der Waals surface area (Å²) in [7, 11) is 1.98. The molecule has 1 amide bonds. The lowest BCUT2D eigenvalue weighted by atomic mass is 10.2. The van der Waals surface area contributed by atoms with Crippen LogP contribution < -0.4 is 4.90 Å².